The van der Waals surface area contributed by atoms with Gasteiger partial charge in [-0.15, -0.1) is 0 Å². The van der Waals surface area contributed by atoms with Crippen LogP contribution in [0.4, 0.5) is 10.1 Å². The molecule has 1 aliphatic rings. The second-order valence-electron chi connectivity index (χ2n) is 9.08. The lowest BCUT2D eigenvalue weighted by Crippen LogP contribution is -2.35. The maximum atomic E-state index is 14.0. The van der Waals surface area contributed by atoms with Crippen molar-refractivity contribution in [2.24, 2.45) is 0 Å². The summed E-state index contributed by atoms with van der Waals surface area (Å²) in [6.07, 6.45) is 0.621. The lowest BCUT2D eigenvalue weighted by atomic mass is 10.0. The minimum atomic E-state index is -0.572. The molecule has 5 nitrogen and oxygen atoms in total. The Hall–Kier alpha value is -4.71. The fourth-order valence-corrected chi connectivity index (χ4v) is 4.82. The van der Waals surface area contributed by atoms with Crippen LogP contribution < -0.4 is 5.32 Å². The van der Waals surface area contributed by atoms with E-state index >= 15 is 0 Å². The van der Waals surface area contributed by atoms with Crippen molar-refractivity contribution >= 4 is 28.3 Å². The molecule has 0 saturated carbocycles. The van der Waals surface area contributed by atoms with Crippen molar-refractivity contribution in [2.45, 2.75) is 13.0 Å². The largest absolute Gasteiger partial charge is 0.461 e. The van der Waals surface area contributed by atoms with Crippen LogP contribution in [0.5, 0.6) is 0 Å². The number of halogens is 1. The fourth-order valence-electron chi connectivity index (χ4n) is 4.82. The highest BCUT2D eigenvalue weighted by Crippen LogP contribution is 2.32. The van der Waals surface area contributed by atoms with Crippen LogP contribution in [0.25, 0.3) is 22.1 Å². The van der Waals surface area contributed by atoms with Crippen molar-refractivity contribution in [3.63, 3.8) is 0 Å². The minimum Gasteiger partial charge on any atom is -0.461 e. The Labute approximate surface area is 213 Å². The molecule has 6 heteroatoms. The first-order valence-electron chi connectivity index (χ1n) is 12.1. The van der Waals surface area contributed by atoms with Gasteiger partial charge in [-0.25, -0.2) is 4.39 Å². The van der Waals surface area contributed by atoms with Crippen LogP contribution in [-0.4, -0.2) is 23.3 Å². The standard InChI is InChI=1S/C31H23FN2O3/c32-27-14-4-3-12-26(27)30(35)33-23-10-5-9-21(17-23)29-18-22-19-34(16-15-28(22)37-29)31(36)25-13-6-8-20-7-1-2-11-24(20)25/h1-14,17-18H,15-16,19H2,(H,33,35). The molecule has 1 N–H and O–H groups in total. The van der Waals surface area contributed by atoms with E-state index in [1.54, 1.807) is 24.3 Å². The summed E-state index contributed by atoms with van der Waals surface area (Å²) in [5.41, 5.74) is 2.97. The minimum absolute atomic E-state index is 0.00283. The van der Waals surface area contributed by atoms with Crippen molar-refractivity contribution in [1.82, 2.24) is 4.90 Å². The molecule has 0 aliphatic carbocycles. The maximum Gasteiger partial charge on any atom is 0.258 e. The van der Waals surface area contributed by atoms with Crippen molar-refractivity contribution in [2.75, 3.05) is 11.9 Å². The van der Waals surface area contributed by atoms with Crippen LogP contribution in [-0.2, 0) is 13.0 Å². The Morgan fingerprint density at radius 3 is 2.49 bits per heavy atom. The molecule has 0 fully saturated rings. The smallest absolute Gasteiger partial charge is 0.258 e. The van der Waals surface area contributed by atoms with Crippen molar-refractivity contribution < 1.29 is 18.4 Å². The Balaban J connectivity index is 1.22. The van der Waals surface area contributed by atoms with Crippen LogP contribution in [0.1, 0.15) is 32.0 Å². The Morgan fingerprint density at radius 1 is 0.838 bits per heavy atom. The zero-order valence-corrected chi connectivity index (χ0v) is 19.9. The molecule has 1 aromatic heterocycles. The predicted molar refractivity (Wildman–Crippen MR) is 141 cm³/mol. The molecule has 182 valence electrons. The monoisotopic (exact) mass is 490 g/mol. The molecule has 2 amide bonds. The molecule has 0 radical (unpaired) electrons. The van der Waals surface area contributed by atoms with E-state index in [-0.39, 0.29) is 11.5 Å². The summed E-state index contributed by atoms with van der Waals surface area (Å²) in [6.45, 7) is 1.03. The normalized spacial score (nSPS) is 12.8. The lowest BCUT2D eigenvalue weighted by molar-refractivity contribution is 0.0732. The number of furan rings is 1. The Bertz CT molecular complexity index is 1650. The molecule has 0 bridgehead atoms. The average Bonchev–Trinajstić information content (AvgIpc) is 3.36. The van der Waals surface area contributed by atoms with Gasteiger partial charge in [-0.2, -0.15) is 0 Å². The quantitative estimate of drug-likeness (QED) is 0.305. The first-order valence-corrected chi connectivity index (χ1v) is 12.1. The van der Waals surface area contributed by atoms with Gasteiger partial charge in [0.1, 0.15) is 17.3 Å². The molecule has 2 heterocycles. The molecule has 37 heavy (non-hydrogen) atoms. The van der Waals surface area contributed by atoms with Crippen molar-refractivity contribution in [3.8, 4) is 11.3 Å². The predicted octanol–water partition coefficient (Wildman–Crippen LogP) is 6.69. The third kappa shape index (κ3) is 4.38. The van der Waals surface area contributed by atoms with E-state index in [0.29, 0.717) is 36.5 Å². The highest BCUT2D eigenvalue weighted by atomic mass is 19.1. The number of carbonyl (C=O) groups is 2. The van der Waals surface area contributed by atoms with Gasteiger partial charge >= 0.3 is 0 Å². The van der Waals surface area contributed by atoms with E-state index in [4.69, 9.17) is 4.42 Å². The molecular formula is C31H23FN2O3. The average molecular weight is 491 g/mol. The van der Waals surface area contributed by atoms with Crippen LogP contribution in [0.15, 0.2) is 101 Å². The highest BCUT2D eigenvalue weighted by molar-refractivity contribution is 6.07. The third-order valence-corrected chi connectivity index (χ3v) is 6.70. The number of carbonyl (C=O) groups excluding carboxylic acids is 2. The second-order valence-corrected chi connectivity index (χ2v) is 9.08. The van der Waals surface area contributed by atoms with Crippen LogP contribution >= 0.6 is 0 Å². The van der Waals surface area contributed by atoms with Gasteiger partial charge in [-0.1, -0.05) is 60.7 Å². The molecule has 0 spiro atoms. The van der Waals surface area contributed by atoms with Crippen molar-refractivity contribution in [3.05, 3.63) is 125 Å². The topological polar surface area (TPSA) is 62.6 Å². The van der Waals surface area contributed by atoms with Gasteiger partial charge in [0.2, 0.25) is 0 Å². The number of nitrogens with one attached hydrogen (secondary N) is 1. The second kappa shape index (κ2) is 9.39. The molecule has 5 aromatic rings. The number of amides is 2. The summed E-state index contributed by atoms with van der Waals surface area (Å²) in [4.78, 5) is 27.8. The van der Waals surface area contributed by atoms with E-state index in [1.807, 2.05) is 65.6 Å². The van der Waals surface area contributed by atoms with Gasteiger partial charge in [0.25, 0.3) is 11.8 Å². The maximum absolute atomic E-state index is 14.0. The summed E-state index contributed by atoms with van der Waals surface area (Å²) in [5, 5.41) is 4.74. The van der Waals surface area contributed by atoms with Crippen LogP contribution in [0, 0.1) is 5.82 Å². The van der Waals surface area contributed by atoms with E-state index < -0.39 is 11.7 Å². The first kappa shape index (κ1) is 22.7. The fraction of sp³-hybridized carbons (Fsp3) is 0.0968. The number of benzene rings is 4. The van der Waals surface area contributed by atoms with Gasteiger partial charge in [-0.3, -0.25) is 9.59 Å². The van der Waals surface area contributed by atoms with Gasteiger partial charge in [0, 0.05) is 41.9 Å². The van der Waals surface area contributed by atoms with E-state index in [0.717, 1.165) is 27.7 Å². The summed E-state index contributed by atoms with van der Waals surface area (Å²) in [7, 11) is 0. The van der Waals surface area contributed by atoms with E-state index in [9.17, 15) is 14.0 Å². The van der Waals surface area contributed by atoms with Gasteiger partial charge in [0.15, 0.2) is 0 Å². The van der Waals surface area contributed by atoms with E-state index in [2.05, 4.69) is 5.32 Å². The Morgan fingerprint density at radius 2 is 1.59 bits per heavy atom. The summed E-state index contributed by atoms with van der Waals surface area (Å²) in [5.74, 6) is 0.432. The molecule has 4 aromatic carbocycles. The zero-order valence-electron chi connectivity index (χ0n) is 19.9. The molecule has 0 saturated heterocycles. The summed E-state index contributed by atoms with van der Waals surface area (Å²) < 4.78 is 20.1. The molecule has 0 atom stereocenters. The molecular weight excluding hydrogens is 467 g/mol. The number of fused-ring (bicyclic) bond motifs is 2. The highest BCUT2D eigenvalue weighted by Gasteiger charge is 2.26. The summed E-state index contributed by atoms with van der Waals surface area (Å²) in [6, 6.07) is 28.8. The molecule has 1 aliphatic heterocycles. The number of nitrogens with zero attached hydrogens (tertiary/aromatic N) is 1. The Kier molecular flexibility index (Phi) is 5.77. The van der Waals surface area contributed by atoms with Gasteiger partial charge in [-0.05, 0) is 47.2 Å². The molecule has 0 unspecified atom stereocenters. The first-order chi connectivity index (χ1) is 18.1. The van der Waals surface area contributed by atoms with Crippen LogP contribution in [0.2, 0.25) is 0 Å². The number of hydrogen-bond donors (Lipinski definition) is 1. The number of rotatable bonds is 4. The lowest BCUT2D eigenvalue weighted by Gasteiger charge is -2.26. The molecule has 6 rings (SSSR count). The number of anilines is 1. The van der Waals surface area contributed by atoms with Gasteiger partial charge < -0.3 is 14.6 Å². The van der Waals surface area contributed by atoms with Gasteiger partial charge in [0.05, 0.1) is 5.56 Å². The SMILES string of the molecule is O=C(Nc1cccc(-c2cc3c(o2)CCN(C(=O)c2cccc4ccccc24)C3)c1)c1ccccc1F. The van der Waals surface area contributed by atoms with E-state index in [1.165, 1.54) is 12.1 Å². The van der Waals surface area contributed by atoms with Crippen LogP contribution in [0.3, 0.4) is 0 Å². The zero-order chi connectivity index (χ0) is 25.4. The van der Waals surface area contributed by atoms with Crippen molar-refractivity contribution in [1.29, 1.82) is 0 Å². The summed E-state index contributed by atoms with van der Waals surface area (Å²) >= 11 is 0. The third-order valence-electron chi connectivity index (χ3n) is 6.70. The number of hydrogen-bond acceptors (Lipinski definition) is 3.